The molecule has 0 spiro atoms. The maximum Gasteiger partial charge on any atom is 0.435 e. The quantitative estimate of drug-likeness (QED) is 0.435. The third-order valence-electron chi connectivity index (χ3n) is 4.44. The second-order valence-corrected chi connectivity index (χ2v) is 6.74. The van der Waals surface area contributed by atoms with E-state index in [1.807, 2.05) is 31.2 Å². The lowest BCUT2D eigenvalue weighted by Crippen LogP contribution is -2.08. The zero-order valence-electron chi connectivity index (χ0n) is 15.5. The Morgan fingerprint density at radius 1 is 0.931 bits per heavy atom. The molecule has 8 heteroatoms. The van der Waals surface area contributed by atoms with Crippen molar-refractivity contribution in [1.82, 2.24) is 14.6 Å². The third-order valence-corrected chi connectivity index (χ3v) is 4.44. The van der Waals surface area contributed by atoms with Crippen molar-refractivity contribution in [3.05, 3.63) is 77.4 Å². The van der Waals surface area contributed by atoms with Gasteiger partial charge in [0.25, 0.3) is 0 Å². The Labute approximate surface area is 163 Å². The van der Waals surface area contributed by atoms with E-state index in [4.69, 9.17) is 0 Å². The number of benzene rings is 2. The van der Waals surface area contributed by atoms with Gasteiger partial charge in [-0.3, -0.25) is 0 Å². The molecule has 0 atom stereocenters. The zero-order chi connectivity index (χ0) is 20.8. The Kier molecular flexibility index (Phi) is 4.49. The van der Waals surface area contributed by atoms with Crippen LogP contribution in [-0.2, 0) is 6.18 Å². The summed E-state index contributed by atoms with van der Waals surface area (Å²) in [5.41, 5.74) is 1.25. The molecular formula is C21H16F4N4. The fraction of sp³-hybridized carbons (Fsp3) is 0.143. The molecule has 0 bridgehead atoms. The van der Waals surface area contributed by atoms with Gasteiger partial charge >= 0.3 is 6.18 Å². The number of hydrogen-bond donors (Lipinski definition) is 1. The summed E-state index contributed by atoms with van der Waals surface area (Å²) >= 11 is 0. The molecule has 148 valence electrons. The van der Waals surface area contributed by atoms with Crippen molar-refractivity contribution in [2.24, 2.45) is 0 Å². The van der Waals surface area contributed by atoms with E-state index in [0.717, 1.165) is 22.2 Å². The molecule has 1 N–H and O–H groups in total. The van der Waals surface area contributed by atoms with Crippen LogP contribution >= 0.6 is 0 Å². The van der Waals surface area contributed by atoms with Gasteiger partial charge in [0.15, 0.2) is 11.3 Å². The molecule has 0 aliphatic carbocycles. The van der Waals surface area contributed by atoms with Gasteiger partial charge in [-0.25, -0.2) is 9.37 Å². The Morgan fingerprint density at radius 3 is 2.21 bits per heavy atom. The molecule has 4 aromatic rings. The van der Waals surface area contributed by atoms with E-state index >= 15 is 0 Å². The number of rotatable bonds is 3. The Balaban J connectivity index is 1.95. The summed E-state index contributed by atoms with van der Waals surface area (Å²) in [4.78, 5) is 4.29. The lowest BCUT2D eigenvalue weighted by molar-refractivity contribution is -0.140. The molecule has 4 nitrogen and oxygen atoms in total. The summed E-state index contributed by atoms with van der Waals surface area (Å²) in [5, 5.41) is 6.91. The number of alkyl halides is 3. The van der Waals surface area contributed by atoms with Gasteiger partial charge in [-0.15, -0.1) is 0 Å². The normalized spacial score (nSPS) is 11.8. The minimum Gasteiger partial charge on any atom is -0.340 e. The van der Waals surface area contributed by atoms with E-state index in [1.165, 1.54) is 12.1 Å². The number of nitrogens with zero attached hydrogens (tertiary/aromatic N) is 3. The molecule has 0 amide bonds. The van der Waals surface area contributed by atoms with E-state index < -0.39 is 17.7 Å². The fourth-order valence-electron chi connectivity index (χ4n) is 3.09. The lowest BCUT2D eigenvalue weighted by Gasteiger charge is -2.10. The number of fused-ring (bicyclic) bond motifs is 1. The molecule has 0 saturated heterocycles. The largest absolute Gasteiger partial charge is 0.435 e. The predicted octanol–water partition coefficient (Wildman–Crippen LogP) is 5.91. The number of aryl methyl sites for hydroxylation is 2. The van der Waals surface area contributed by atoms with Gasteiger partial charge in [0, 0.05) is 17.4 Å². The second-order valence-electron chi connectivity index (χ2n) is 6.74. The first-order valence-corrected chi connectivity index (χ1v) is 8.79. The Bertz CT molecular complexity index is 1180. The average Bonchev–Trinajstić information content (AvgIpc) is 3.04. The summed E-state index contributed by atoms with van der Waals surface area (Å²) in [6.45, 7) is 3.63. The van der Waals surface area contributed by atoms with E-state index in [2.05, 4.69) is 15.4 Å². The highest BCUT2D eigenvalue weighted by molar-refractivity contribution is 5.82. The van der Waals surface area contributed by atoms with Gasteiger partial charge in [0.2, 0.25) is 0 Å². The summed E-state index contributed by atoms with van der Waals surface area (Å²) in [5.74, 6) is -0.195. The van der Waals surface area contributed by atoms with Crippen LogP contribution in [0, 0.1) is 19.7 Å². The van der Waals surface area contributed by atoms with Gasteiger partial charge in [-0.05, 0) is 43.7 Å². The van der Waals surface area contributed by atoms with Gasteiger partial charge in [0.1, 0.15) is 11.6 Å². The van der Waals surface area contributed by atoms with Crippen LogP contribution in [0.3, 0.4) is 0 Å². The highest BCUT2D eigenvalue weighted by atomic mass is 19.4. The molecule has 0 radical (unpaired) electrons. The highest BCUT2D eigenvalue weighted by Gasteiger charge is 2.39. The minimum absolute atomic E-state index is 0.0403. The van der Waals surface area contributed by atoms with Gasteiger partial charge in [-0.2, -0.15) is 22.8 Å². The molecule has 2 heterocycles. The van der Waals surface area contributed by atoms with Crippen LogP contribution in [0.15, 0.2) is 54.6 Å². The fourth-order valence-corrected chi connectivity index (χ4v) is 3.09. The van der Waals surface area contributed by atoms with Gasteiger partial charge in [-0.1, -0.05) is 29.8 Å². The van der Waals surface area contributed by atoms with Crippen molar-refractivity contribution in [3.8, 4) is 11.1 Å². The predicted molar refractivity (Wildman–Crippen MR) is 103 cm³/mol. The summed E-state index contributed by atoms with van der Waals surface area (Å²) < 4.78 is 55.7. The van der Waals surface area contributed by atoms with Crippen LogP contribution in [-0.4, -0.2) is 14.6 Å². The zero-order valence-corrected chi connectivity index (χ0v) is 15.5. The van der Waals surface area contributed by atoms with Crippen LogP contribution in [0.5, 0.6) is 0 Å². The van der Waals surface area contributed by atoms with Gasteiger partial charge < -0.3 is 5.32 Å². The van der Waals surface area contributed by atoms with Crippen molar-refractivity contribution in [2.45, 2.75) is 20.0 Å². The first-order valence-electron chi connectivity index (χ1n) is 8.79. The van der Waals surface area contributed by atoms with Crippen molar-refractivity contribution in [1.29, 1.82) is 0 Å². The van der Waals surface area contributed by atoms with Crippen LogP contribution in [0.4, 0.5) is 29.1 Å². The third kappa shape index (κ3) is 3.65. The van der Waals surface area contributed by atoms with Gasteiger partial charge in [0.05, 0.1) is 5.56 Å². The first kappa shape index (κ1) is 18.9. The molecule has 0 saturated carbocycles. The second kappa shape index (κ2) is 6.88. The number of nitrogens with one attached hydrogen (secondary N) is 1. The molecule has 0 aliphatic heterocycles. The minimum atomic E-state index is -4.70. The van der Waals surface area contributed by atoms with Crippen molar-refractivity contribution in [2.75, 3.05) is 5.32 Å². The van der Waals surface area contributed by atoms with Crippen molar-refractivity contribution >= 4 is 17.2 Å². The Morgan fingerprint density at radius 2 is 1.59 bits per heavy atom. The maximum absolute atomic E-state index is 13.8. The first-order chi connectivity index (χ1) is 13.7. The van der Waals surface area contributed by atoms with Crippen LogP contribution in [0.25, 0.3) is 16.8 Å². The summed E-state index contributed by atoms with van der Waals surface area (Å²) in [7, 11) is 0. The molecule has 0 aliphatic rings. The van der Waals surface area contributed by atoms with Crippen molar-refractivity contribution < 1.29 is 17.6 Å². The SMILES string of the molecule is Cc1ccc(Nc2cc(C)nc3c(-c4ccc(F)cc4)c(C(F)(F)F)nn23)cc1. The molecule has 29 heavy (non-hydrogen) atoms. The molecular weight excluding hydrogens is 384 g/mol. The molecule has 4 rings (SSSR count). The van der Waals surface area contributed by atoms with E-state index in [1.54, 1.807) is 13.0 Å². The summed E-state index contributed by atoms with van der Waals surface area (Å²) in [6, 6.07) is 13.9. The number of aromatic nitrogens is 3. The van der Waals surface area contributed by atoms with E-state index in [0.29, 0.717) is 17.2 Å². The topological polar surface area (TPSA) is 42.2 Å². The number of anilines is 2. The van der Waals surface area contributed by atoms with E-state index in [-0.39, 0.29) is 16.8 Å². The van der Waals surface area contributed by atoms with Crippen LogP contribution in [0.1, 0.15) is 17.0 Å². The van der Waals surface area contributed by atoms with Crippen molar-refractivity contribution in [3.63, 3.8) is 0 Å². The molecule has 2 aromatic carbocycles. The summed E-state index contributed by atoms with van der Waals surface area (Å²) in [6.07, 6.45) is -4.70. The smallest absolute Gasteiger partial charge is 0.340 e. The number of halogens is 4. The van der Waals surface area contributed by atoms with E-state index in [9.17, 15) is 17.6 Å². The lowest BCUT2D eigenvalue weighted by atomic mass is 10.1. The monoisotopic (exact) mass is 400 g/mol. The maximum atomic E-state index is 13.8. The molecule has 0 unspecified atom stereocenters. The average molecular weight is 400 g/mol. The Hall–Kier alpha value is -3.42. The molecule has 0 fully saturated rings. The standard InChI is InChI=1S/C21H16F4N4/c1-12-3-9-16(10-4-12)27-17-11-13(2)26-20-18(14-5-7-15(22)8-6-14)19(21(23,24)25)28-29(17)20/h3-11,27H,1-2H3. The number of hydrogen-bond acceptors (Lipinski definition) is 3. The highest BCUT2D eigenvalue weighted by Crippen LogP contribution is 2.39. The molecule has 2 aromatic heterocycles. The van der Waals surface area contributed by atoms with Crippen LogP contribution in [0.2, 0.25) is 0 Å². The van der Waals surface area contributed by atoms with Crippen LogP contribution < -0.4 is 5.32 Å².